The summed E-state index contributed by atoms with van der Waals surface area (Å²) in [5.74, 6) is -2.48. The van der Waals surface area contributed by atoms with Crippen LogP contribution in [0.25, 0.3) is 16.5 Å². The number of nitrogens with one attached hydrogen (secondary N) is 1. The van der Waals surface area contributed by atoms with Gasteiger partial charge in [-0.05, 0) is 44.9 Å². The van der Waals surface area contributed by atoms with Gasteiger partial charge in [-0.3, -0.25) is 9.59 Å². The van der Waals surface area contributed by atoms with Gasteiger partial charge in [0.2, 0.25) is 0 Å². The summed E-state index contributed by atoms with van der Waals surface area (Å²) in [4.78, 5) is 27.4. The predicted molar refractivity (Wildman–Crippen MR) is 133 cm³/mol. The molecule has 3 aromatic heterocycles. The topological polar surface area (TPSA) is 109 Å². The highest BCUT2D eigenvalue weighted by atomic mass is 19.3. The first kappa shape index (κ1) is 24.4. The van der Waals surface area contributed by atoms with Gasteiger partial charge in [0.15, 0.2) is 5.75 Å². The number of nitrogens with zero attached hydrogens (tertiary/aromatic N) is 3. The number of likely N-dealkylation sites (tertiary alicyclic amines) is 1. The molecule has 4 aromatic rings. The van der Waals surface area contributed by atoms with Crippen LogP contribution in [0.1, 0.15) is 51.8 Å². The van der Waals surface area contributed by atoms with Crippen LogP contribution in [0.3, 0.4) is 0 Å². The van der Waals surface area contributed by atoms with Crippen LogP contribution in [0.4, 0.5) is 8.78 Å². The summed E-state index contributed by atoms with van der Waals surface area (Å²) in [5.41, 5.74) is 2.37. The molecular formula is C27H26F2N4O5. The number of benzene rings is 1. The second-order valence-electron chi connectivity index (χ2n) is 10.0. The molecule has 6 rings (SSSR count). The maximum Gasteiger partial charge on any atom is 0.267 e. The van der Waals surface area contributed by atoms with Crippen LogP contribution in [0, 0.1) is 13.8 Å². The fourth-order valence-corrected chi connectivity index (χ4v) is 5.12. The Balaban J connectivity index is 1.28. The van der Waals surface area contributed by atoms with Crippen LogP contribution in [0.15, 0.2) is 41.1 Å². The van der Waals surface area contributed by atoms with Gasteiger partial charge in [0.1, 0.15) is 22.6 Å². The lowest BCUT2D eigenvalue weighted by atomic mass is 9.87. The van der Waals surface area contributed by atoms with Crippen molar-refractivity contribution in [3.63, 3.8) is 0 Å². The molecule has 198 valence electrons. The van der Waals surface area contributed by atoms with Crippen LogP contribution < -0.4 is 10.1 Å². The molecule has 1 saturated heterocycles. The van der Waals surface area contributed by atoms with E-state index in [-0.39, 0.29) is 36.9 Å². The van der Waals surface area contributed by atoms with Gasteiger partial charge in [-0.25, -0.2) is 13.3 Å². The summed E-state index contributed by atoms with van der Waals surface area (Å²) in [6, 6.07) is 5.20. The average molecular weight is 525 g/mol. The number of aliphatic hydroxyl groups excluding tert-OH is 1. The van der Waals surface area contributed by atoms with E-state index >= 15 is 0 Å². The number of aliphatic hydroxyl groups is 1. The van der Waals surface area contributed by atoms with E-state index in [0.717, 1.165) is 0 Å². The van der Waals surface area contributed by atoms with E-state index in [1.165, 1.54) is 0 Å². The fraction of sp³-hybridized carbons (Fsp3) is 0.370. The lowest BCUT2D eigenvalue weighted by Gasteiger charge is -2.43. The van der Waals surface area contributed by atoms with E-state index in [4.69, 9.17) is 9.15 Å². The molecule has 3 atom stereocenters. The van der Waals surface area contributed by atoms with Crippen LogP contribution in [-0.4, -0.2) is 62.1 Å². The number of β-amino-alcohol motifs (C(OH)–C–C–N with tert-alkyl or cyclic N) is 1. The minimum Gasteiger partial charge on any atom is -0.460 e. The molecule has 4 heterocycles. The van der Waals surface area contributed by atoms with Gasteiger partial charge in [-0.2, -0.15) is 5.10 Å². The Bertz CT molecular complexity index is 1610. The smallest absolute Gasteiger partial charge is 0.267 e. The SMILES string of the molecule is Cc1oc2cc(Oc3ccnn4cc(C(=O)N5C[C@@H](O)[C@H]5C)c(C)c34)ccc2c1C(=O)N[C@H]1CCC1(F)F. The number of ether oxygens (including phenoxy) is 1. The van der Waals surface area contributed by atoms with Gasteiger partial charge in [0, 0.05) is 36.7 Å². The predicted octanol–water partition coefficient (Wildman–Crippen LogP) is 4.22. The zero-order chi connectivity index (χ0) is 26.9. The number of alkyl halides is 2. The zero-order valence-electron chi connectivity index (χ0n) is 21.0. The summed E-state index contributed by atoms with van der Waals surface area (Å²) in [6.45, 7) is 5.51. The van der Waals surface area contributed by atoms with Crippen molar-refractivity contribution in [2.75, 3.05) is 6.54 Å². The number of aromatic nitrogens is 2. The van der Waals surface area contributed by atoms with E-state index in [2.05, 4.69) is 10.4 Å². The molecular weight excluding hydrogens is 498 g/mol. The summed E-state index contributed by atoms with van der Waals surface area (Å²) in [5, 5.41) is 17.0. The third kappa shape index (κ3) is 3.72. The van der Waals surface area contributed by atoms with Gasteiger partial charge in [0.25, 0.3) is 17.7 Å². The molecule has 2 fully saturated rings. The van der Waals surface area contributed by atoms with Gasteiger partial charge in [-0.15, -0.1) is 0 Å². The quantitative estimate of drug-likeness (QED) is 0.405. The maximum atomic E-state index is 13.7. The highest BCUT2D eigenvalue weighted by molar-refractivity contribution is 6.07. The third-order valence-corrected chi connectivity index (χ3v) is 7.69. The number of hydrogen-bond acceptors (Lipinski definition) is 6. The number of carbonyl (C=O) groups excluding carboxylic acids is 2. The summed E-state index contributed by atoms with van der Waals surface area (Å²) < 4.78 is 40.8. The van der Waals surface area contributed by atoms with Crippen molar-refractivity contribution in [2.45, 2.75) is 57.7 Å². The molecule has 0 spiro atoms. The number of carbonyl (C=O) groups is 2. The highest BCUT2D eigenvalue weighted by Crippen LogP contribution is 2.39. The first-order valence-corrected chi connectivity index (χ1v) is 12.4. The van der Waals surface area contributed by atoms with Crippen LogP contribution in [0.5, 0.6) is 11.5 Å². The standard InChI is InChI=1S/C27H26F2N4O5/c1-13-18(26(36)32-12-19(34)14(32)2)11-33-24(13)20(7-9-30-33)38-16-4-5-17-21(10-16)37-15(3)23(17)25(35)31-22-6-8-27(22,28)29/h4-5,7,9-11,14,19,22,34H,6,8,12H2,1-3H3,(H,31,35)/t14-,19-,22+/m1/s1. The van der Waals surface area contributed by atoms with Gasteiger partial charge >= 0.3 is 0 Å². The lowest BCUT2D eigenvalue weighted by molar-refractivity contribution is -0.102. The minimum absolute atomic E-state index is 0.185. The van der Waals surface area contributed by atoms with Gasteiger partial charge in [0.05, 0.1) is 35.5 Å². The molecule has 9 nitrogen and oxygen atoms in total. The Morgan fingerprint density at radius 1 is 1.26 bits per heavy atom. The lowest BCUT2D eigenvalue weighted by Crippen LogP contribution is -2.60. The first-order chi connectivity index (χ1) is 18.0. The van der Waals surface area contributed by atoms with Gasteiger partial charge < -0.3 is 24.5 Å². The van der Waals surface area contributed by atoms with Crippen molar-refractivity contribution in [2.24, 2.45) is 0 Å². The fourth-order valence-electron chi connectivity index (χ4n) is 5.12. The Morgan fingerprint density at radius 3 is 2.71 bits per heavy atom. The van der Waals surface area contributed by atoms with E-state index in [0.29, 0.717) is 44.9 Å². The minimum atomic E-state index is -2.89. The molecule has 11 heteroatoms. The normalized spacial score (nSPS) is 22.3. The average Bonchev–Trinajstić information content (AvgIpc) is 3.40. The third-order valence-electron chi connectivity index (χ3n) is 7.69. The van der Waals surface area contributed by atoms with E-state index in [1.54, 1.807) is 59.9 Å². The molecule has 0 unspecified atom stereocenters. The van der Waals surface area contributed by atoms with Crippen molar-refractivity contribution >= 4 is 28.3 Å². The molecule has 0 bridgehead atoms. The van der Waals surface area contributed by atoms with Crippen molar-refractivity contribution in [3.05, 3.63) is 59.1 Å². The molecule has 0 radical (unpaired) electrons. The number of fused-ring (bicyclic) bond motifs is 2. The molecule has 1 saturated carbocycles. The Morgan fingerprint density at radius 2 is 2.05 bits per heavy atom. The highest BCUT2D eigenvalue weighted by Gasteiger charge is 2.49. The van der Waals surface area contributed by atoms with Crippen molar-refractivity contribution in [3.8, 4) is 11.5 Å². The second kappa shape index (κ2) is 8.52. The second-order valence-corrected chi connectivity index (χ2v) is 10.0. The molecule has 2 N–H and O–H groups in total. The van der Waals surface area contributed by atoms with Crippen molar-refractivity contribution in [1.29, 1.82) is 0 Å². The van der Waals surface area contributed by atoms with Crippen molar-refractivity contribution in [1.82, 2.24) is 19.8 Å². The summed E-state index contributed by atoms with van der Waals surface area (Å²) >= 11 is 0. The first-order valence-electron chi connectivity index (χ1n) is 12.4. The Kier molecular flexibility index (Phi) is 5.46. The zero-order valence-corrected chi connectivity index (χ0v) is 21.0. The Hall–Kier alpha value is -3.99. The van der Waals surface area contributed by atoms with Crippen molar-refractivity contribution < 1.29 is 32.6 Å². The number of halogens is 2. The van der Waals surface area contributed by atoms with Gasteiger partial charge in [-0.1, -0.05) is 0 Å². The number of amides is 2. The van der Waals surface area contributed by atoms with Crippen LogP contribution in [0.2, 0.25) is 0 Å². The summed E-state index contributed by atoms with van der Waals surface area (Å²) in [7, 11) is 0. The molecule has 38 heavy (non-hydrogen) atoms. The summed E-state index contributed by atoms with van der Waals surface area (Å²) in [6.07, 6.45) is 2.67. The van der Waals surface area contributed by atoms with E-state index in [1.807, 2.05) is 6.92 Å². The monoisotopic (exact) mass is 524 g/mol. The maximum absolute atomic E-state index is 13.7. The van der Waals surface area contributed by atoms with Crippen LogP contribution >= 0.6 is 0 Å². The number of hydrogen-bond donors (Lipinski definition) is 2. The largest absolute Gasteiger partial charge is 0.460 e. The number of rotatable bonds is 5. The molecule has 1 aliphatic carbocycles. The molecule has 1 aromatic carbocycles. The molecule has 2 amide bonds. The number of aryl methyl sites for hydroxylation is 2. The van der Waals surface area contributed by atoms with E-state index in [9.17, 15) is 23.5 Å². The molecule has 1 aliphatic heterocycles. The Labute approximate surface area is 216 Å². The van der Waals surface area contributed by atoms with E-state index < -0.39 is 24.0 Å². The number of furan rings is 1. The van der Waals surface area contributed by atoms with Crippen LogP contribution in [-0.2, 0) is 0 Å². The molecule has 2 aliphatic rings.